The van der Waals surface area contributed by atoms with Crippen molar-refractivity contribution in [3.05, 3.63) is 24.3 Å². The molecule has 1 aromatic carbocycles. The van der Waals surface area contributed by atoms with Gasteiger partial charge in [0.25, 0.3) is 0 Å². The summed E-state index contributed by atoms with van der Waals surface area (Å²) in [4.78, 5) is 0. The molecule has 0 aromatic heterocycles. The number of rotatable bonds is 9. The van der Waals surface area contributed by atoms with Crippen molar-refractivity contribution in [1.29, 1.82) is 0 Å². The van der Waals surface area contributed by atoms with Crippen LogP contribution in [0.25, 0.3) is 0 Å². The SMILES string of the molecule is COCCOCCCOc1cccc([B-](F)(F)F)c1.[K+]. The van der Waals surface area contributed by atoms with Crippen LogP contribution in [0.1, 0.15) is 6.42 Å². The molecule has 0 unspecified atom stereocenters. The van der Waals surface area contributed by atoms with Crippen LogP contribution in [0, 0.1) is 0 Å². The summed E-state index contributed by atoms with van der Waals surface area (Å²) in [5.74, 6) is 0.230. The Balaban J connectivity index is 0.00000361. The van der Waals surface area contributed by atoms with Crippen LogP contribution in [-0.4, -0.2) is 40.5 Å². The quantitative estimate of drug-likeness (QED) is 0.440. The first kappa shape index (κ1) is 20.4. The van der Waals surface area contributed by atoms with Gasteiger partial charge >= 0.3 is 58.4 Å². The van der Waals surface area contributed by atoms with Gasteiger partial charge in [0.2, 0.25) is 0 Å². The van der Waals surface area contributed by atoms with Gasteiger partial charge in [-0.2, -0.15) is 0 Å². The van der Waals surface area contributed by atoms with Gasteiger partial charge in [-0.15, -0.1) is 5.46 Å². The second kappa shape index (κ2) is 11.1. The average molecular weight is 316 g/mol. The average Bonchev–Trinajstić information content (AvgIpc) is 2.37. The molecule has 0 spiro atoms. The maximum absolute atomic E-state index is 12.5. The van der Waals surface area contributed by atoms with Crippen molar-refractivity contribution in [3.63, 3.8) is 0 Å². The summed E-state index contributed by atoms with van der Waals surface area (Å²) in [6.45, 7) is -3.14. The summed E-state index contributed by atoms with van der Waals surface area (Å²) in [5, 5.41) is 0. The Bertz CT molecular complexity index is 377. The Morgan fingerprint density at radius 2 is 1.80 bits per heavy atom. The van der Waals surface area contributed by atoms with E-state index in [1.165, 1.54) is 12.1 Å². The zero-order valence-corrected chi connectivity index (χ0v) is 14.9. The van der Waals surface area contributed by atoms with E-state index in [1.54, 1.807) is 7.11 Å². The summed E-state index contributed by atoms with van der Waals surface area (Å²) in [5.41, 5.74) is -0.645. The molecule has 0 N–H and O–H groups in total. The first-order valence-corrected chi connectivity index (χ1v) is 6.03. The normalized spacial score (nSPS) is 11.0. The Labute approximate surface area is 159 Å². The molecule has 1 rings (SSSR count). The number of halogens is 3. The van der Waals surface area contributed by atoms with Crippen molar-refractivity contribution in [2.45, 2.75) is 6.42 Å². The van der Waals surface area contributed by atoms with Crippen molar-refractivity contribution >= 4 is 12.4 Å². The van der Waals surface area contributed by atoms with Crippen LogP contribution in [0.2, 0.25) is 0 Å². The molecule has 0 aliphatic carbocycles. The van der Waals surface area contributed by atoms with E-state index in [0.29, 0.717) is 32.8 Å². The van der Waals surface area contributed by atoms with Crippen molar-refractivity contribution in [1.82, 2.24) is 0 Å². The minimum atomic E-state index is -4.98. The fourth-order valence-electron chi connectivity index (χ4n) is 1.40. The molecule has 0 aliphatic heterocycles. The van der Waals surface area contributed by atoms with Crippen molar-refractivity contribution in [2.75, 3.05) is 33.5 Å². The van der Waals surface area contributed by atoms with Gasteiger partial charge < -0.3 is 27.2 Å². The Morgan fingerprint density at radius 1 is 1.05 bits per heavy atom. The zero-order valence-electron chi connectivity index (χ0n) is 11.8. The molecule has 0 amide bonds. The van der Waals surface area contributed by atoms with Gasteiger partial charge in [-0.1, -0.05) is 12.1 Å². The Hall–Kier alpha value is 0.431. The maximum atomic E-state index is 12.5. The Morgan fingerprint density at radius 3 is 2.45 bits per heavy atom. The van der Waals surface area contributed by atoms with Gasteiger partial charge in [-0.3, -0.25) is 0 Å². The third-order valence-electron chi connectivity index (χ3n) is 2.37. The molecule has 0 radical (unpaired) electrons. The molecule has 0 heterocycles. The molecule has 20 heavy (non-hydrogen) atoms. The molecule has 0 aliphatic rings. The molecule has 108 valence electrons. The van der Waals surface area contributed by atoms with Crippen LogP contribution in [0.3, 0.4) is 0 Å². The fraction of sp³-hybridized carbons (Fsp3) is 0.500. The second-order valence-electron chi connectivity index (χ2n) is 3.95. The molecule has 0 bridgehead atoms. The van der Waals surface area contributed by atoms with Crippen LogP contribution < -0.4 is 61.6 Å². The predicted molar refractivity (Wildman–Crippen MR) is 68.0 cm³/mol. The van der Waals surface area contributed by atoms with E-state index in [-0.39, 0.29) is 57.1 Å². The summed E-state index contributed by atoms with van der Waals surface area (Å²) >= 11 is 0. The molecular formula is C12H17BF3KO3. The predicted octanol–water partition coefficient (Wildman–Crippen LogP) is -0.823. The first-order valence-electron chi connectivity index (χ1n) is 6.03. The second-order valence-corrected chi connectivity index (χ2v) is 3.95. The molecule has 1 aromatic rings. The van der Waals surface area contributed by atoms with Crippen LogP contribution in [0.5, 0.6) is 5.75 Å². The molecule has 0 saturated carbocycles. The van der Waals surface area contributed by atoms with Crippen molar-refractivity contribution in [3.8, 4) is 5.75 Å². The van der Waals surface area contributed by atoms with Gasteiger partial charge in [-0.25, -0.2) is 0 Å². The van der Waals surface area contributed by atoms with E-state index < -0.39 is 12.4 Å². The summed E-state index contributed by atoms with van der Waals surface area (Å²) in [6.07, 6.45) is 0.616. The molecule has 0 atom stereocenters. The Kier molecular flexibility index (Phi) is 11.3. The van der Waals surface area contributed by atoms with Gasteiger partial charge in [0, 0.05) is 20.1 Å². The van der Waals surface area contributed by atoms with E-state index in [4.69, 9.17) is 14.2 Å². The van der Waals surface area contributed by atoms with Crippen molar-refractivity contribution in [2.24, 2.45) is 0 Å². The topological polar surface area (TPSA) is 27.7 Å². The number of ether oxygens (including phenoxy) is 3. The monoisotopic (exact) mass is 316 g/mol. The summed E-state index contributed by atoms with van der Waals surface area (Å²) < 4.78 is 52.8. The maximum Gasteiger partial charge on any atom is 1.00 e. The first-order chi connectivity index (χ1) is 9.04. The number of hydrogen-bond donors (Lipinski definition) is 0. The minimum absolute atomic E-state index is 0. The third kappa shape index (κ3) is 8.66. The van der Waals surface area contributed by atoms with E-state index >= 15 is 0 Å². The molecular weight excluding hydrogens is 299 g/mol. The third-order valence-corrected chi connectivity index (χ3v) is 2.37. The van der Waals surface area contributed by atoms with Crippen LogP contribution in [0.15, 0.2) is 24.3 Å². The largest absolute Gasteiger partial charge is 1.00 e. The van der Waals surface area contributed by atoms with E-state index in [1.807, 2.05) is 0 Å². The van der Waals surface area contributed by atoms with Gasteiger partial charge in [-0.05, 0) is 12.1 Å². The van der Waals surface area contributed by atoms with Gasteiger partial charge in [0.05, 0.1) is 19.8 Å². The summed E-state index contributed by atoms with van der Waals surface area (Å²) in [6, 6.07) is 4.92. The summed E-state index contributed by atoms with van der Waals surface area (Å²) in [7, 11) is 1.58. The zero-order chi connectivity index (χ0) is 14.1. The van der Waals surface area contributed by atoms with E-state index in [2.05, 4.69) is 0 Å². The number of hydrogen-bond acceptors (Lipinski definition) is 3. The minimum Gasteiger partial charge on any atom is -0.494 e. The van der Waals surface area contributed by atoms with E-state index in [0.717, 1.165) is 12.1 Å². The van der Waals surface area contributed by atoms with Crippen LogP contribution in [0.4, 0.5) is 12.9 Å². The van der Waals surface area contributed by atoms with Gasteiger partial charge in [0.1, 0.15) is 5.75 Å². The molecule has 0 saturated heterocycles. The van der Waals surface area contributed by atoms with E-state index in [9.17, 15) is 12.9 Å². The number of benzene rings is 1. The standard InChI is InChI=1S/C12H17BF3O3.K/c1-17-8-9-18-6-3-7-19-12-5-2-4-11(10-12)13(14,15)16;/h2,4-5,10H,3,6-9H2,1H3;/q-1;+1. The van der Waals surface area contributed by atoms with Crippen LogP contribution in [-0.2, 0) is 9.47 Å². The number of methoxy groups -OCH3 is 1. The molecule has 3 nitrogen and oxygen atoms in total. The molecule has 0 fully saturated rings. The smallest absolute Gasteiger partial charge is 0.494 e. The molecule has 8 heteroatoms. The van der Waals surface area contributed by atoms with Gasteiger partial charge in [0.15, 0.2) is 0 Å². The van der Waals surface area contributed by atoms with Crippen LogP contribution >= 0.6 is 0 Å². The van der Waals surface area contributed by atoms with Crippen molar-refractivity contribution < 1.29 is 78.5 Å². The fourth-order valence-corrected chi connectivity index (χ4v) is 1.40.